The molecule has 0 aliphatic rings. The fraction of sp³-hybridized carbons (Fsp3) is 0.357. The number of aryl methyl sites for hydroxylation is 3. The first-order valence-electron chi connectivity index (χ1n) is 6.48. The average molecular weight is 324 g/mol. The summed E-state index contributed by atoms with van der Waals surface area (Å²) >= 11 is 2.75. The van der Waals surface area contributed by atoms with Crippen molar-refractivity contribution in [1.29, 1.82) is 0 Å². The minimum atomic E-state index is -0.465. The molecule has 2 aromatic heterocycles. The minimum absolute atomic E-state index is 0.310. The number of carbonyl (C=O) groups excluding carboxylic acids is 2. The number of nitrogens with zero attached hydrogens (tertiary/aromatic N) is 1. The number of amides is 1. The van der Waals surface area contributed by atoms with E-state index in [9.17, 15) is 9.59 Å². The Kier molecular flexibility index (Phi) is 5.08. The molecule has 0 saturated heterocycles. The van der Waals surface area contributed by atoms with Crippen LogP contribution in [0.1, 0.15) is 32.7 Å². The Balaban J connectivity index is 1.86. The Hall–Kier alpha value is -1.73. The normalized spacial score (nSPS) is 10.4. The van der Waals surface area contributed by atoms with Crippen LogP contribution in [0.4, 0.5) is 5.13 Å². The van der Waals surface area contributed by atoms with Crippen molar-refractivity contribution in [2.75, 3.05) is 11.9 Å². The maximum Gasteiger partial charge on any atom is 0.348 e. The van der Waals surface area contributed by atoms with Gasteiger partial charge in [0.1, 0.15) is 4.88 Å². The molecule has 0 radical (unpaired) electrons. The van der Waals surface area contributed by atoms with Gasteiger partial charge in [-0.1, -0.05) is 6.92 Å². The summed E-state index contributed by atoms with van der Waals surface area (Å²) in [6, 6.07) is 1.80. The molecule has 2 rings (SSSR count). The van der Waals surface area contributed by atoms with E-state index in [2.05, 4.69) is 10.3 Å². The Bertz CT molecular complexity index is 661. The number of thiazole rings is 1. The van der Waals surface area contributed by atoms with Crippen LogP contribution in [0.5, 0.6) is 0 Å². The van der Waals surface area contributed by atoms with Gasteiger partial charge in [-0.3, -0.25) is 10.1 Å². The Morgan fingerprint density at radius 3 is 2.71 bits per heavy atom. The molecule has 1 N–H and O–H groups in total. The highest BCUT2D eigenvalue weighted by molar-refractivity contribution is 7.14. The maximum atomic E-state index is 11.9. The van der Waals surface area contributed by atoms with E-state index in [4.69, 9.17) is 4.74 Å². The average Bonchev–Trinajstić information content (AvgIpc) is 3.02. The molecule has 0 saturated carbocycles. The van der Waals surface area contributed by atoms with Gasteiger partial charge in [0.2, 0.25) is 0 Å². The zero-order valence-corrected chi connectivity index (χ0v) is 13.7. The molecule has 1 amide bonds. The molecule has 0 unspecified atom stereocenters. The maximum absolute atomic E-state index is 11.9. The largest absolute Gasteiger partial charge is 0.451 e. The lowest BCUT2D eigenvalue weighted by Gasteiger charge is -2.03. The third kappa shape index (κ3) is 4.12. The Labute approximate surface area is 131 Å². The van der Waals surface area contributed by atoms with Crippen LogP contribution in [0.2, 0.25) is 0 Å². The monoisotopic (exact) mass is 324 g/mol. The number of esters is 1. The van der Waals surface area contributed by atoms with Crippen molar-refractivity contribution in [3.8, 4) is 0 Å². The SMILES string of the molecule is CCc1sc(C(=O)OCC(=O)Nc2nc(C)cs2)cc1C. The van der Waals surface area contributed by atoms with E-state index in [-0.39, 0.29) is 12.5 Å². The van der Waals surface area contributed by atoms with Crippen molar-refractivity contribution in [3.05, 3.63) is 32.5 Å². The molecule has 0 aliphatic carbocycles. The van der Waals surface area contributed by atoms with Crippen molar-refractivity contribution in [3.63, 3.8) is 0 Å². The van der Waals surface area contributed by atoms with Crippen molar-refractivity contribution >= 4 is 39.7 Å². The second-order valence-corrected chi connectivity index (χ2v) is 6.48. The highest BCUT2D eigenvalue weighted by Gasteiger charge is 2.15. The number of nitrogens with one attached hydrogen (secondary N) is 1. The van der Waals surface area contributed by atoms with Crippen LogP contribution >= 0.6 is 22.7 Å². The lowest BCUT2D eigenvalue weighted by molar-refractivity contribution is -0.119. The second kappa shape index (κ2) is 6.82. The van der Waals surface area contributed by atoms with E-state index in [0.29, 0.717) is 10.0 Å². The van der Waals surface area contributed by atoms with Crippen LogP contribution < -0.4 is 5.32 Å². The number of hydrogen-bond donors (Lipinski definition) is 1. The summed E-state index contributed by atoms with van der Waals surface area (Å²) in [4.78, 5) is 29.3. The summed E-state index contributed by atoms with van der Waals surface area (Å²) in [5.74, 6) is -0.852. The number of carbonyl (C=O) groups is 2. The topological polar surface area (TPSA) is 68.3 Å². The van der Waals surface area contributed by atoms with Gasteiger partial charge in [0.15, 0.2) is 11.7 Å². The van der Waals surface area contributed by atoms with Gasteiger partial charge in [-0.25, -0.2) is 9.78 Å². The number of aromatic nitrogens is 1. The molecule has 0 aliphatic heterocycles. The van der Waals surface area contributed by atoms with Crippen LogP contribution in [0.3, 0.4) is 0 Å². The lowest BCUT2D eigenvalue weighted by Crippen LogP contribution is -2.20. The van der Waals surface area contributed by atoms with Crippen LogP contribution in [-0.2, 0) is 16.0 Å². The van der Waals surface area contributed by atoms with Gasteiger partial charge >= 0.3 is 5.97 Å². The molecule has 2 heterocycles. The van der Waals surface area contributed by atoms with Gasteiger partial charge in [0, 0.05) is 10.3 Å². The molecule has 2 aromatic rings. The fourth-order valence-corrected chi connectivity index (χ4v) is 3.45. The third-order valence-electron chi connectivity index (χ3n) is 2.74. The van der Waals surface area contributed by atoms with Crippen LogP contribution in [0, 0.1) is 13.8 Å². The van der Waals surface area contributed by atoms with E-state index >= 15 is 0 Å². The summed E-state index contributed by atoms with van der Waals surface area (Å²) in [7, 11) is 0. The third-order valence-corrected chi connectivity index (χ3v) is 4.98. The summed E-state index contributed by atoms with van der Waals surface area (Å²) < 4.78 is 5.02. The number of ether oxygens (including phenoxy) is 1. The minimum Gasteiger partial charge on any atom is -0.451 e. The van der Waals surface area contributed by atoms with Crippen molar-refractivity contribution in [2.45, 2.75) is 27.2 Å². The molecule has 5 nitrogen and oxygen atoms in total. The molecule has 0 fully saturated rings. The van der Waals surface area contributed by atoms with Gasteiger partial charge in [0.05, 0.1) is 5.69 Å². The van der Waals surface area contributed by atoms with Crippen LogP contribution in [-0.4, -0.2) is 23.5 Å². The first-order valence-corrected chi connectivity index (χ1v) is 8.17. The van der Waals surface area contributed by atoms with Gasteiger partial charge in [-0.15, -0.1) is 22.7 Å². The predicted molar refractivity (Wildman–Crippen MR) is 84.2 cm³/mol. The van der Waals surface area contributed by atoms with Crippen molar-refractivity contribution in [1.82, 2.24) is 4.98 Å². The molecular weight excluding hydrogens is 308 g/mol. The quantitative estimate of drug-likeness (QED) is 0.858. The molecular formula is C14H16N2O3S2. The number of thiophene rings is 1. The van der Waals surface area contributed by atoms with E-state index in [0.717, 1.165) is 22.6 Å². The number of anilines is 1. The summed E-state index contributed by atoms with van der Waals surface area (Å²) in [5, 5.41) is 4.94. The Morgan fingerprint density at radius 2 is 2.14 bits per heavy atom. The molecule has 21 heavy (non-hydrogen) atoms. The molecule has 0 spiro atoms. The second-order valence-electron chi connectivity index (χ2n) is 4.49. The molecule has 112 valence electrons. The lowest BCUT2D eigenvalue weighted by atomic mass is 10.2. The predicted octanol–water partition coefficient (Wildman–Crippen LogP) is 3.18. The van der Waals surface area contributed by atoms with E-state index in [1.807, 2.05) is 26.2 Å². The van der Waals surface area contributed by atoms with E-state index in [1.165, 1.54) is 22.7 Å². The van der Waals surface area contributed by atoms with Crippen LogP contribution in [0.25, 0.3) is 0 Å². The molecule has 0 aromatic carbocycles. The summed E-state index contributed by atoms with van der Waals surface area (Å²) in [5.41, 5.74) is 1.92. The standard InChI is InChI=1S/C14H16N2O3S2/c1-4-10-8(2)5-11(21-10)13(18)19-6-12(17)16-14-15-9(3)7-20-14/h5,7H,4,6H2,1-3H3,(H,15,16,17). The number of rotatable bonds is 5. The Morgan fingerprint density at radius 1 is 1.38 bits per heavy atom. The van der Waals surface area contributed by atoms with Crippen molar-refractivity contribution < 1.29 is 14.3 Å². The molecule has 0 atom stereocenters. The van der Waals surface area contributed by atoms with Gasteiger partial charge in [-0.05, 0) is 31.9 Å². The first kappa shape index (κ1) is 15.7. The van der Waals surface area contributed by atoms with Crippen molar-refractivity contribution in [2.24, 2.45) is 0 Å². The van der Waals surface area contributed by atoms with E-state index in [1.54, 1.807) is 6.07 Å². The first-order chi connectivity index (χ1) is 9.99. The molecule has 7 heteroatoms. The number of hydrogen-bond acceptors (Lipinski definition) is 6. The molecule has 0 bridgehead atoms. The highest BCUT2D eigenvalue weighted by Crippen LogP contribution is 2.23. The summed E-state index contributed by atoms with van der Waals surface area (Å²) in [6.07, 6.45) is 0.883. The fourth-order valence-electron chi connectivity index (χ4n) is 1.74. The zero-order chi connectivity index (χ0) is 15.4. The zero-order valence-electron chi connectivity index (χ0n) is 12.1. The van der Waals surface area contributed by atoms with Gasteiger partial charge < -0.3 is 4.74 Å². The van der Waals surface area contributed by atoms with Gasteiger partial charge in [0.25, 0.3) is 5.91 Å². The smallest absolute Gasteiger partial charge is 0.348 e. The van der Waals surface area contributed by atoms with E-state index < -0.39 is 5.97 Å². The highest BCUT2D eigenvalue weighted by atomic mass is 32.1. The van der Waals surface area contributed by atoms with Gasteiger partial charge in [-0.2, -0.15) is 0 Å². The van der Waals surface area contributed by atoms with Crippen LogP contribution in [0.15, 0.2) is 11.4 Å². The summed E-state index contributed by atoms with van der Waals surface area (Å²) in [6.45, 7) is 5.54.